The number of hydrogen-bond acceptors (Lipinski definition) is 3. The molecule has 4 nitrogen and oxygen atoms in total. The van der Waals surface area contributed by atoms with Gasteiger partial charge in [0.25, 0.3) is 0 Å². The Bertz CT molecular complexity index is 685. The van der Waals surface area contributed by atoms with Crippen LogP contribution in [0.25, 0.3) is 0 Å². The van der Waals surface area contributed by atoms with Crippen LogP contribution in [0.3, 0.4) is 0 Å². The van der Waals surface area contributed by atoms with Crippen LogP contribution >= 0.6 is 0 Å². The number of oxazole rings is 1. The summed E-state index contributed by atoms with van der Waals surface area (Å²) < 4.78 is 4.90. The third-order valence-corrected chi connectivity index (χ3v) is 3.74. The number of carbonyl (C=O) groups is 1. The van der Waals surface area contributed by atoms with Crippen LogP contribution in [0, 0.1) is 0 Å². The first-order chi connectivity index (χ1) is 11.3. The number of carbonyl (C=O) groups excluding carboxylic acids is 1. The molecule has 1 amide bonds. The van der Waals surface area contributed by atoms with E-state index in [1.807, 2.05) is 36.4 Å². The lowest BCUT2D eigenvalue weighted by Crippen LogP contribution is -2.25. The lowest BCUT2D eigenvalue weighted by atomic mass is 9.88. The fourth-order valence-corrected chi connectivity index (χ4v) is 2.57. The van der Waals surface area contributed by atoms with Crippen molar-refractivity contribution in [1.82, 2.24) is 10.3 Å². The van der Waals surface area contributed by atoms with Crippen LogP contribution in [-0.4, -0.2) is 10.9 Å². The normalized spacial score (nSPS) is 10.7. The summed E-state index contributed by atoms with van der Waals surface area (Å²) in [6.45, 7) is 0.381. The molecule has 3 rings (SSSR count). The Hall–Kier alpha value is -2.88. The molecule has 4 heteroatoms. The minimum Gasteiger partial charge on any atom is -0.451 e. The molecule has 0 saturated carbocycles. The Morgan fingerprint density at radius 3 is 2.13 bits per heavy atom. The Kier molecular flexibility index (Phi) is 4.84. The van der Waals surface area contributed by atoms with Crippen LogP contribution in [0.2, 0.25) is 0 Å². The van der Waals surface area contributed by atoms with E-state index < -0.39 is 0 Å². The zero-order valence-corrected chi connectivity index (χ0v) is 12.7. The molecule has 0 spiro atoms. The number of hydrogen-bond donors (Lipinski definition) is 1. The molecule has 1 N–H and O–H groups in total. The SMILES string of the molecule is O=C(CC(c1ccccc1)c1ccccc1)NCc1cocn1. The Balaban J connectivity index is 1.72. The maximum atomic E-state index is 12.3. The van der Waals surface area contributed by atoms with Crippen LogP contribution < -0.4 is 5.32 Å². The van der Waals surface area contributed by atoms with Crippen molar-refractivity contribution < 1.29 is 9.21 Å². The standard InChI is InChI=1S/C19H18N2O2/c22-19(20-12-17-13-23-14-21-17)11-18(15-7-3-1-4-8-15)16-9-5-2-6-10-16/h1-10,13-14,18H,11-12H2,(H,20,22). The van der Waals surface area contributed by atoms with E-state index in [0.29, 0.717) is 18.7 Å². The van der Waals surface area contributed by atoms with Gasteiger partial charge in [-0.05, 0) is 11.1 Å². The molecule has 0 aliphatic rings. The molecule has 23 heavy (non-hydrogen) atoms. The van der Waals surface area contributed by atoms with Crippen LogP contribution in [0.1, 0.15) is 29.2 Å². The van der Waals surface area contributed by atoms with E-state index in [1.54, 1.807) is 0 Å². The summed E-state index contributed by atoms with van der Waals surface area (Å²) in [5.74, 6) is 0.0282. The smallest absolute Gasteiger partial charge is 0.221 e. The summed E-state index contributed by atoms with van der Waals surface area (Å²) in [7, 11) is 0. The van der Waals surface area contributed by atoms with Gasteiger partial charge in [0.15, 0.2) is 6.39 Å². The van der Waals surface area contributed by atoms with Crippen molar-refractivity contribution in [2.24, 2.45) is 0 Å². The number of rotatable bonds is 6. The summed E-state index contributed by atoms with van der Waals surface area (Å²) in [5, 5.41) is 2.89. The van der Waals surface area contributed by atoms with E-state index in [0.717, 1.165) is 11.1 Å². The van der Waals surface area contributed by atoms with Gasteiger partial charge in [-0.15, -0.1) is 0 Å². The van der Waals surface area contributed by atoms with E-state index in [9.17, 15) is 4.79 Å². The van der Waals surface area contributed by atoms with E-state index in [1.165, 1.54) is 12.7 Å². The van der Waals surface area contributed by atoms with Gasteiger partial charge in [-0.2, -0.15) is 0 Å². The number of nitrogens with one attached hydrogen (secondary N) is 1. The lowest BCUT2D eigenvalue weighted by Gasteiger charge is -2.17. The first kappa shape index (κ1) is 15.0. The Morgan fingerprint density at radius 1 is 1.00 bits per heavy atom. The molecule has 0 bridgehead atoms. The van der Waals surface area contributed by atoms with Gasteiger partial charge in [-0.1, -0.05) is 60.7 Å². The average Bonchev–Trinajstić information content (AvgIpc) is 3.13. The molecule has 0 fully saturated rings. The molecule has 0 saturated heterocycles. The second-order valence-corrected chi connectivity index (χ2v) is 5.33. The number of amides is 1. The third kappa shape index (κ3) is 4.07. The van der Waals surface area contributed by atoms with Crippen molar-refractivity contribution in [2.45, 2.75) is 18.9 Å². The Morgan fingerprint density at radius 2 is 1.61 bits per heavy atom. The molecule has 1 heterocycles. The summed E-state index contributed by atoms with van der Waals surface area (Å²) in [4.78, 5) is 16.3. The molecule has 0 unspecified atom stereocenters. The summed E-state index contributed by atoms with van der Waals surface area (Å²) >= 11 is 0. The molecule has 3 aromatic rings. The van der Waals surface area contributed by atoms with Gasteiger partial charge in [0.1, 0.15) is 6.26 Å². The van der Waals surface area contributed by atoms with Crippen molar-refractivity contribution in [2.75, 3.05) is 0 Å². The number of nitrogens with zero attached hydrogens (tertiary/aromatic N) is 1. The third-order valence-electron chi connectivity index (χ3n) is 3.74. The van der Waals surface area contributed by atoms with Gasteiger partial charge in [0.05, 0.1) is 12.2 Å². The van der Waals surface area contributed by atoms with Crippen molar-refractivity contribution in [3.63, 3.8) is 0 Å². The maximum Gasteiger partial charge on any atom is 0.221 e. The van der Waals surface area contributed by atoms with Gasteiger partial charge in [-0.25, -0.2) is 4.98 Å². The highest BCUT2D eigenvalue weighted by Gasteiger charge is 2.18. The largest absolute Gasteiger partial charge is 0.451 e. The second kappa shape index (κ2) is 7.40. The highest BCUT2D eigenvalue weighted by molar-refractivity contribution is 5.77. The maximum absolute atomic E-state index is 12.3. The van der Waals surface area contributed by atoms with Crippen LogP contribution in [0.4, 0.5) is 0 Å². The van der Waals surface area contributed by atoms with Gasteiger partial charge in [-0.3, -0.25) is 4.79 Å². The predicted octanol–water partition coefficient (Wildman–Crippen LogP) is 3.51. The summed E-state index contributed by atoms with van der Waals surface area (Å²) in [6, 6.07) is 20.2. The number of aromatic nitrogens is 1. The summed E-state index contributed by atoms with van der Waals surface area (Å²) in [6.07, 6.45) is 3.29. The van der Waals surface area contributed by atoms with Crippen LogP contribution in [0.5, 0.6) is 0 Å². The van der Waals surface area contributed by atoms with Crippen LogP contribution in [0.15, 0.2) is 77.7 Å². The molecular formula is C19H18N2O2. The lowest BCUT2D eigenvalue weighted by molar-refractivity contribution is -0.121. The summed E-state index contributed by atoms with van der Waals surface area (Å²) in [5.41, 5.74) is 2.99. The molecule has 2 aromatic carbocycles. The van der Waals surface area contributed by atoms with Crippen molar-refractivity contribution >= 4 is 5.91 Å². The highest BCUT2D eigenvalue weighted by Crippen LogP contribution is 2.27. The fourth-order valence-electron chi connectivity index (χ4n) is 2.57. The molecule has 1 aromatic heterocycles. The Labute approximate surface area is 135 Å². The van der Waals surface area contributed by atoms with E-state index in [-0.39, 0.29) is 11.8 Å². The minimum atomic E-state index is -0.00861. The molecule has 0 aliphatic carbocycles. The number of benzene rings is 2. The van der Waals surface area contributed by atoms with Gasteiger partial charge >= 0.3 is 0 Å². The fraction of sp³-hybridized carbons (Fsp3) is 0.158. The van der Waals surface area contributed by atoms with Gasteiger partial charge in [0.2, 0.25) is 5.91 Å². The van der Waals surface area contributed by atoms with Crippen LogP contribution in [-0.2, 0) is 11.3 Å². The van der Waals surface area contributed by atoms with Crippen molar-refractivity contribution in [3.8, 4) is 0 Å². The molecular weight excluding hydrogens is 288 g/mol. The molecule has 0 radical (unpaired) electrons. The first-order valence-corrected chi connectivity index (χ1v) is 7.56. The van der Waals surface area contributed by atoms with E-state index in [2.05, 4.69) is 34.6 Å². The van der Waals surface area contributed by atoms with Gasteiger partial charge < -0.3 is 9.73 Å². The zero-order chi connectivity index (χ0) is 15.9. The topological polar surface area (TPSA) is 55.1 Å². The quantitative estimate of drug-likeness (QED) is 0.758. The highest BCUT2D eigenvalue weighted by atomic mass is 16.3. The average molecular weight is 306 g/mol. The van der Waals surface area contributed by atoms with Gasteiger partial charge in [0, 0.05) is 12.3 Å². The zero-order valence-electron chi connectivity index (χ0n) is 12.7. The predicted molar refractivity (Wildman–Crippen MR) is 87.7 cm³/mol. The van der Waals surface area contributed by atoms with Crippen molar-refractivity contribution in [1.29, 1.82) is 0 Å². The van der Waals surface area contributed by atoms with Crippen molar-refractivity contribution in [3.05, 3.63) is 90.1 Å². The van der Waals surface area contributed by atoms with E-state index >= 15 is 0 Å². The molecule has 116 valence electrons. The van der Waals surface area contributed by atoms with E-state index in [4.69, 9.17) is 4.42 Å². The first-order valence-electron chi connectivity index (χ1n) is 7.56. The second-order valence-electron chi connectivity index (χ2n) is 5.33. The molecule has 0 aliphatic heterocycles. The monoisotopic (exact) mass is 306 g/mol. The minimum absolute atomic E-state index is 0.00861. The molecule has 0 atom stereocenters.